The largest absolute Gasteiger partial charge is 0.465 e. The highest BCUT2D eigenvalue weighted by Crippen LogP contribution is 2.32. The molecule has 0 saturated heterocycles. The van der Waals surface area contributed by atoms with Gasteiger partial charge in [0.2, 0.25) is 0 Å². The van der Waals surface area contributed by atoms with Crippen molar-refractivity contribution in [3.05, 3.63) is 59.5 Å². The number of amides is 2. The summed E-state index contributed by atoms with van der Waals surface area (Å²) < 4.78 is 9.69. The number of fused-ring (bicyclic) bond motifs is 1. The quantitative estimate of drug-likeness (QED) is 0.818. The van der Waals surface area contributed by atoms with E-state index in [4.69, 9.17) is 9.47 Å². The molecule has 140 valence electrons. The monoisotopic (exact) mass is 369 g/mol. The fourth-order valence-corrected chi connectivity index (χ4v) is 2.93. The summed E-state index contributed by atoms with van der Waals surface area (Å²) in [5.74, 6) is -1.34. The molecular weight excluding hydrogens is 350 g/mol. The van der Waals surface area contributed by atoms with E-state index >= 15 is 0 Å². The van der Waals surface area contributed by atoms with E-state index in [-0.39, 0.29) is 17.3 Å². The van der Waals surface area contributed by atoms with Gasteiger partial charge in [0, 0.05) is 25.5 Å². The Balaban J connectivity index is 2.15. The molecule has 0 fully saturated rings. The van der Waals surface area contributed by atoms with E-state index in [0.29, 0.717) is 17.9 Å². The number of anilines is 2. The zero-order valence-corrected chi connectivity index (χ0v) is 15.2. The van der Waals surface area contributed by atoms with Crippen molar-refractivity contribution in [2.75, 3.05) is 31.1 Å². The number of rotatable bonds is 3. The molecule has 3 rings (SSSR count). The van der Waals surface area contributed by atoms with Gasteiger partial charge in [-0.1, -0.05) is 12.1 Å². The molecule has 2 heterocycles. The Morgan fingerprint density at radius 2 is 1.85 bits per heavy atom. The fourth-order valence-electron chi connectivity index (χ4n) is 2.93. The van der Waals surface area contributed by atoms with Crippen molar-refractivity contribution in [3.8, 4) is 0 Å². The minimum atomic E-state index is -0.685. The maximum atomic E-state index is 12.5. The third-order valence-electron chi connectivity index (χ3n) is 4.33. The first-order valence-electron chi connectivity index (χ1n) is 8.17. The van der Waals surface area contributed by atoms with Crippen LogP contribution in [0.4, 0.5) is 16.2 Å². The summed E-state index contributed by atoms with van der Waals surface area (Å²) in [4.78, 5) is 39.6. The number of ether oxygens (including phenoxy) is 2. The van der Waals surface area contributed by atoms with Gasteiger partial charge in [0.15, 0.2) is 0 Å². The highest BCUT2D eigenvalue weighted by atomic mass is 16.5. The second-order valence-electron chi connectivity index (χ2n) is 5.85. The number of nitrogens with zero attached hydrogens (tertiary/aromatic N) is 2. The molecule has 27 heavy (non-hydrogen) atoms. The molecule has 1 aromatic carbocycles. The van der Waals surface area contributed by atoms with Gasteiger partial charge in [0.1, 0.15) is 5.70 Å². The van der Waals surface area contributed by atoms with Gasteiger partial charge in [-0.3, -0.25) is 4.90 Å². The average Bonchev–Trinajstić information content (AvgIpc) is 2.92. The molecule has 0 aromatic heterocycles. The third kappa shape index (κ3) is 3.29. The Kier molecular flexibility index (Phi) is 4.98. The molecule has 8 heteroatoms. The van der Waals surface area contributed by atoms with Crippen LogP contribution in [0.5, 0.6) is 0 Å². The molecule has 2 amide bonds. The van der Waals surface area contributed by atoms with Gasteiger partial charge in [-0.2, -0.15) is 0 Å². The summed E-state index contributed by atoms with van der Waals surface area (Å²) in [6.07, 6.45) is 6.46. The molecule has 0 atom stereocenters. The minimum absolute atomic E-state index is 0.0252. The molecule has 0 bridgehead atoms. The van der Waals surface area contributed by atoms with E-state index in [1.807, 2.05) is 6.07 Å². The first kappa shape index (κ1) is 18.2. The molecule has 0 aliphatic carbocycles. The Hall–Kier alpha value is -3.55. The van der Waals surface area contributed by atoms with Gasteiger partial charge in [0.25, 0.3) is 0 Å². The number of carbonyl (C=O) groups is 3. The molecule has 0 saturated carbocycles. The number of benzene rings is 1. The summed E-state index contributed by atoms with van der Waals surface area (Å²) in [6.45, 7) is 0.420. The van der Waals surface area contributed by atoms with Gasteiger partial charge in [-0.05, 0) is 29.8 Å². The van der Waals surface area contributed by atoms with Gasteiger partial charge in [-0.15, -0.1) is 0 Å². The van der Waals surface area contributed by atoms with Crippen LogP contribution in [0.25, 0.3) is 0 Å². The van der Waals surface area contributed by atoms with E-state index < -0.39 is 11.9 Å². The van der Waals surface area contributed by atoms with E-state index in [1.165, 1.54) is 25.2 Å². The smallest absolute Gasteiger partial charge is 0.355 e. The van der Waals surface area contributed by atoms with Crippen LogP contribution in [-0.4, -0.2) is 39.2 Å². The molecule has 1 N–H and O–H groups in total. The van der Waals surface area contributed by atoms with Crippen LogP contribution in [0.15, 0.2) is 53.9 Å². The molecule has 0 spiro atoms. The van der Waals surface area contributed by atoms with Gasteiger partial charge < -0.3 is 19.7 Å². The van der Waals surface area contributed by atoms with Crippen molar-refractivity contribution in [1.29, 1.82) is 0 Å². The van der Waals surface area contributed by atoms with E-state index in [0.717, 1.165) is 5.56 Å². The first-order valence-corrected chi connectivity index (χ1v) is 8.17. The Labute approximate surface area is 156 Å². The number of nitrogens with one attached hydrogen (secondary N) is 1. The number of esters is 2. The van der Waals surface area contributed by atoms with Gasteiger partial charge >= 0.3 is 18.0 Å². The number of methoxy groups -OCH3 is 2. The Bertz CT molecular complexity index is 901. The molecule has 2 aliphatic rings. The lowest BCUT2D eigenvalue weighted by atomic mass is 10.1. The Morgan fingerprint density at radius 3 is 2.56 bits per heavy atom. The van der Waals surface area contributed by atoms with Crippen LogP contribution < -0.4 is 15.1 Å². The number of hydrogen-bond donors (Lipinski definition) is 1. The van der Waals surface area contributed by atoms with E-state index in [2.05, 4.69) is 5.32 Å². The topological polar surface area (TPSA) is 88.2 Å². The fraction of sp³-hybridized carbons (Fsp3) is 0.211. The first-order chi connectivity index (χ1) is 13.0. The van der Waals surface area contributed by atoms with Crippen LogP contribution >= 0.6 is 0 Å². The molecular formula is C19H19N3O5. The van der Waals surface area contributed by atoms with Crippen molar-refractivity contribution < 1.29 is 23.9 Å². The zero-order chi connectivity index (χ0) is 19.6. The normalized spacial score (nSPS) is 15.9. The predicted molar refractivity (Wildman–Crippen MR) is 98.9 cm³/mol. The van der Waals surface area contributed by atoms with Crippen molar-refractivity contribution in [3.63, 3.8) is 0 Å². The maximum absolute atomic E-state index is 12.5. The van der Waals surface area contributed by atoms with Crippen molar-refractivity contribution >= 4 is 29.3 Å². The SMILES string of the molecule is COC(=O)C1=C(C(=O)OC)N(c2ccc3c(c2)N(C)C(=O)NC3)C=CC=C1. The molecule has 0 radical (unpaired) electrons. The number of hydrogen-bond acceptors (Lipinski definition) is 6. The summed E-state index contributed by atoms with van der Waals surface area (Å²) >= 11 is 0. The Morgan fingerprint density at radius 1 is 1.11 bits per heavy atom. The van der Waals surface area contributed by atoms with E-state index in [9.17, 15) is 14.4 Å². The van der Waals surface area contributed by atoms with Crippen LogP contribution in [0.3, 0.4) is 0 Å². The highest BCUT2D eigenvalue weighted by molar-refractivity contribution is 6.05. The second kappa shape index (κ2) is 7.36. The number of urea groups is 1. The summed E-state index contributed by atoms with van der Waals surface area (Å²) in [5.41, 5.74) is 2.34. The third-order valence-corrected chi connectivity index (χ3v) is 4.33. The molecule has 2 aliphatic heterocycles. The predicted octanol–water partition coefficient (Wildman–Crippen LogP) is 1.84. The lowest BCUT2D eigenvalue weighted by Gasteiger charge is -2.29. The van der Waals surface area contributed by atoms with Crippen molar-refractivity contribution in [1.82, 2.24) is 5.32 Å². The van der Waals surface area contributed by atoms with Crippen molar-refractivity contribution in [2.24, 2.45) is 0 Å². The maximum Gasteiger partial charge on any atom is 0.355 e. The van der Waals surface area contributed by atoms with Crippen LogP contribution in [0.2, 0.25) is 0 Å². The van der Waals surface area contributed by atoms with Crippen LogP contribution in [0, 0.1) is 0 Å². The van der Waals surface area contributed by atoms with Gasteiger partial charge in [-0.25, -0.2) is 14.4 Å². The van der Waals surface area contributed by atoms with Crippen LogP contribution in [0.1, 0.15) is 5.56 Å². The highest BCUT2D eigenvalue weighted by Gasteiger charge is 2.29. The summed E-state index contributed by atoms with van der Waals surface area (Å²) in [7, 11) is 4.15. The summed E-state index contributed by atoms with van der Waals surface area (Å²) in [6, 6.07) is 5.23. The standard InChI is InChI=1S/C19H19N3O5/c1-21-15-10-13(8-7-12(15)11-20-19(21)25)22-9-5-4-6-14(17(23)26-2)16(22)18(24)27-3/h4-10H,11H2,1-3H3,(H,20,25). The van der Waals surface area contributed by atoms with Gasteiger partial charge in [0.05, 0.1) is 25.5 Å². The summed E-state index contributed by atoms with van der Waals surface area (Å²) in [5, 5.41) is 2.77. The second-order valence-corrected chi connectivity index (χ2v) is 5.85. The average molecular weight is 369 g/mol. The number of allylic oxidation sites excluding steroid dienone is 2. The van der Waals surface area contributed by atoms with E-state index in [1.54, 1.807) is 42.4 Å². The number of carbonyl (C=O) groups excluding carboxylic acids is 3. The minimum Gasteiger partial charge on any atom is -0.465 e. The lowest BCUT2D eigenvalue weighted by Crippen LogP contribution is -2.41. The molecule has 0 unspecified atom stereocenters. The molecule has 8 nitrogen and oxygen atoms in total. The molecule has 1 aromatic rings. The van der Waals surface area contributed by atoms with Crippen molar-refractivity contribution in [2.45, 2.75) is 6.54 Å². The zero-order valence-electron chi connectivity index (χ0n) is 15.2. The lowest BCUT2D eigenvalue weighted by molar-refractivity contribution is -0.139. The van der Waals surface area contributed by atoms with Crippen LogP contribution in [-0.2, 0) is 25.6 Å².